The first-order valence-corrected chi connectivity index (χ1v) is 5.95. The van der Waals surface area contributed by atoms with Gasteiger partial charge in [0.05, 0.1) is 6.20 Å². The maximum absolute atomic E-state index is 6.27. The van der Waals surface area contributed by atoms with Gasteiger partial charge in [0.15, 0.2) is 0 Å². The van der Waals surface area contributed by atoms with Crippen molar-refractivity contribution < 1.29 is 0 Å². The van der Waals surface area contributed by atoms with Gasteiger partial charge in [-0.2, -0.15) is 5.10 Å². The molecule has 1 aromatic heterocycles. The van der Waals surface area contributed by atoms with Crippen molar-refractivity contribution in [2.24, 2.45) is 18.7 Å². The SMILES string of the molecule is CC(Cc1cnn(C)c1)C(N)c1ccccc1. The topological polar surface area (TPSA) is 43.8 Å². The van der Waals surface area contributed by atoms with Gasteiger partial charge in [-0.1, -0.05) is 37.3 Å². The molecule has 0 aliphatic carbocycles. The van der Waals surface area contributed by atoms with Crippen molar-refractivity contribution in [2.45, 2.75) is 19.4 Å². The van der Waals surface area contributed by atoms with Crippen LogP contribution in [0.3, 0.4) is 0 Å². The van der Waals surface area contributed by atoms with Crippen molar-refractivity contribution in [3.8, 4) is 0 Å². The second-order valence-electron chi connectivity index (χ2n) is 4.64. The summed E-state index contributed by atoms with van der Waals surface area (Å²) in [5, 5.41) is 4.18. The molecule has 0 aliphatic heterocycles. The van der Waals surface area contributed by atoms with E-state index >= 15 is 0 Å². The summed E-state index contributed by atoms with van der Waals surface area (Å²) in [4.78, 5) is 0. The maximum Gasteiger partial charge on any atom is 0.0521 e. The molecule has 0 fully saturated rings. The Labute approximate surface area is 102 Å². The number of nitrogens with two attached hydrogens (primary N) is 1. The van der Waals surface area contributed by atoms with Gasteiger partial charge in [0.2, 0.25) is 0 Å². The van der Waals surface area contributed by atoms with E-state index < -0.39 is 0 Å². The van der Waals surface area contributed by atoms with E-state index in [1.165, 1.54) is 11.1 Å². The van der Waals surface area contributed by atoms with Crippen molar-refractivity contribution in [3.63, 3.8) is 0 Å². The Hall–Kier alpha value is -1.61. The van der Waals surface area contributed by atoms with Crippen molar-refractivity contribution in [3.05, 3.63) is 53.9 Å². The molecule has 90 valence electrons. The van der Waals surface area contributed by atoms with Gasteiger partial charge in [0, 0.05) is 19.3 Å². The van der Waals surface area contributed by atoms with Crippen LogP contribution in [-0.4, -0.2) is 9.78 Å². The Bertz CT molecular complexity index is 461. The Balaban J connectivity index is 2.03. The van der Waals surface area contributed by atoms with Gasteiger partial charge in [0.25, 0.3) is 0 Å². The van der Waals surface area contributed by atoms with Crippen LogP contribution in [0.2, 0.25) is 0 Å². The summed E-state index contributed by atoms with van der Waals surface area (Å²) in [5.74, 6) is 0.404. The molecule has 2 atom stereocenters. The van der Waals surface area contributed by atoms with E-state index in [1.807, 2.05) is 42.3 Å². The molecule has 0 radical (unpaired) electrons. The lowest BCUT2D eigenvalue weighted by atomic mass is 9.91. The molecule has 0 saturated heterocycles. The van der Waals surface area contributed by atoms with E-state index in [4.69, 9.17) is 5.73 Å². The third kappa shape index (κ3) is 2.94. The number of benzene rings is 1. The van der Waals surface area contributed by atoms with E-state index in [0.717, 1.165) is 6.42 Å². The number of aryl methyl sites for hydroxylation is 1. The van der Waals surface area contributed by atoms with E-state index in [-0.39, 0.29) is 6.04 Å². The number of rotatable bonds is 4. The lowest BCUT2D eigenvalue weighted by Crippen LogP contribution is -2.20. The van der Waals surface area contributed by atoms with Crippen LogP contribution < -0.4 is 5.73 Å². The van der Waals surface area contributed by atoms with Crippen molar-refractivity contribution >= 4 is 0 Å². The highest BCUT2D eigenvalue weighted by atomic mass is 15.2. The van der Waals surface area contributed by atoms with Crippen molar-refractivity contribution in [1.29, 1.82) is 0 Å². The molecule has 0 aliphatic rings. The molecule has 0 saturated carbocycles. The molecule has 3 nitrogen and oxygen atoms in total. The number of hydrogen-bond donors (Lipinski definition) is 1. The molecule has 1 heterocycles. The van der Waals surface area contributed by atoms with Crippen LogP contribution in [0.25, 0.3) is 0 Å². The van der Waals surface area contributed by atoms with Crippen LogP contribution in [0.4, 0.5) is 0 Å². The molecule has 0 spiro atoms. The average Bonchev–Trinajstić information content (AvgIpc) is 2.75. The highest BCUT2D eigenvalue weighted by Crippen LogP contribution is 2.22. The summed E-state index contributed by atoms with van der Waals surface area (Å²) in [6.45, 7) is 2.19. The third-order valence-electron chi connectivity index (χ3n) is 3.11. The minimum Gasteiger partial charge on any atom is -0.324 e. The number of aromatic nitrogens is 2. The fourth-order valence-corrected chi connectivity index (χ4v) is 2.08. The van der Waals surface area contributed by atoms with Gasteiger partial charge in [-0.3, -0.25) is 4.68 Å². The van der Waals surface area contributed by atoms with E-state index in [2.05, 4.69) is 24.2 Å². The van der Waals surface area contributed by atoms with E-state index in [9.17, 15) is 0 Å². The molecular formula is C14H19N3. The first kappa shape index (κ1) is 11.9. The summed E-state index contributed by atoms with van der Waals surface area (Å²) in [6, 6.07) is 10.3. The summed E-state index contributed by atoms with van der Waals surface area (Å²) in [6.07, 6.45) is 4.92. The predicted molar refractivity (Wildman–Crippen MR) is 69.4 cm³/mol. The summed E-state index contributed by atoms with van der Waals surface area (Å²) < 4.78 is 1.83. The molecule has 2 rings (SSSR count). The van der Waals surface area contributed by atoms with Gasteiger partial charge in [-0.05, 0) is 23.5 Å². The molecule has 2 N–H and O–H groups in total. The number of hydrogen-bond acceptors (Lipinski definition) is 2. The van der Waals surface area contributed by atoms with Crippen LogP contribution in [0, 0.1) is 5.92 Å². The molecule has 1 aromatic carbocycles. The van der Waals surface area contributed by atoms with Crippen molar-refractivity contribution in [2.75, 3.05) is 0 Å². The van der Waals surface area contributed by atoms with Crippen LogP contribution in [0.15, 0.2) is 42.7 Å². The van der Waals surface area contributed by atoms with Gasteiger partial charge >= 0.3 is 0 Å². The minimum absolute atomic E-state index is 0.0800. The van der Waals surface area contributed by atoms with Crippen LogP contribution in [0.1, 0.15) is 24.1 Å². The van der Waals surface area contributed by atoms with Crippen LogP contribution in [-0.2, 0) is 13.5 Å². The first-order valence-electron chi connectivity index (χ1n) is 5.95. The molecule has 0 bridgehead atoms. The lowest BCUT2D eigenvalue weighted by molar-refractivity contribution is 0.468. The first-order chi connectivity index (χ1) is 8.16. The fourth-order valence-electron chi connectivity index (χ4n) is 2.08. The normalized spacial score (nSPS) is 14.5. The van der Waals surface area contributed by atoms with Crippen LogP contribution in [0.5, 0.6) is 0 Å². The predicted octanol–water partition coefficient (Wildman–Crippen LogP) is 2.30. The molecule has 17 heavy (non-hydrogen) atoms. The van der Waals surface area contributed by atoms with Crippen molar-refractivity contribution in [1.82, 2.24) is 9.78 Å². The molecule has 2 unspecified atom stereocenters. The quantitative estimate of drug-likeness (QED) is 0.874. The lowest BCUT2D eigenvalue weighted by Gasteiger charge is -2.19. The van der Waals surface area contributed by atoms with E-state index in [1.54, 1.807) is 0 Å². The Morgan fingerprint density at radius 2 is 2.00 bits per heavy atom. The second kappa shape index (κ2) is 5.15. The van der Waals surface area contributed by atoms with E-state index in [0.29, 0.717) is 5.92 Å². The third-order valence-corrected chi connectivity index (χ3v) is 3.11. The standard InChI is InChI=1S/C14H19N3/c1-11(8-12-9-16-17(2)10-12)14(15)13-6-4-3-5-7-13/h3-7,9-11,14H,8,15H2,1-2H3. The number of nitrogens with zero attached hydrogens (tertiary/aromatic N) is 2. The van der Waals surface area contributed by atoms with Gasteiger partial charge < -0.3 is 5.73 Å². The molecule has 0 amide bonds. The molecular weight excluding hydrogens is 210 g/mol. The summed E-state index contributed by atoms with van der Waals surface area (Å²) in [5.41, 5.74) is 8.71. The Kier molecular flexibility index (Phi) is 3.59. The van der Waals surface area contributed by atoms with Gasteiger partial charge in [-0.25, -0.2) is 0 Å². The molecule has 2 aromatic rings. The summed E-state index contributed by atoms with van der Waals surface area (Å²) >= 11 is 0. The molecule has 3 heteroatoms. The highest BCUT2D eigenvalue weighted by molar-refractivity contribution is 5.19. The zero-order valence-corrected chi connectivity index (χ0v) is 10.4. The average molecular weight is 229 g/mol. The highest BCUT2D eigenvalue weighted by Gasteiger charge is 2.15. The monoisotopic (exact) mass is 229 g/mol. The Morgan fingerprint density at radius 3 is 2.59 bits per heavy atom. The smallest absolute Gasteiger partial charge is 0.0521 e. The second-order valence-corrected chi connectivity index (χ2v) is 4.64. The zero-order chi connectivity index (χ0) is 12.3. The maximum atomic E-state index is 6.27. The fraction of sp³-hybridized carbons (Fsp3) is 0.357. The van der Waals surface area contributed by atoms with Gasteiger partial charge in [-0.15, -0.1) is 0 Å². The largest absolute Gasteiger partial charge is 0.324 e. The summed E-state index contributed by atoms with van der Waals surface area (Å²) in [7, 11) is 1.94. The van der Waals surface area contributed by atoms with Crippen LogP contribution >= 0.6 is 0 Å². The minimum atomic E-state index is 0.0800. The zero-order valence-electron chi connectivity index (χ0n) is 10.4. The Morgan fingerprint density at radius 1 is 1.29 bits per heavy atom. The van der Waals surface area contributed by atoms with Gasteiger partial charge in [0.1, 0.15) is 0 Å².